The molecule has 0 amide bonds. The molecule has 0 heterocycles. The average molecular weight is 236 g/mol. The monoisotopic (exact) mass is 236 g/mol. The van der Waals surface area contributed by atoms with Gasteiger partial charge in [0.2, 0.25) is 0 Å². The van der Waals surface area contributed by atoms with Gasteiger partial charge in [0.05, 0.1) is 1.37 Å². The van der Waals surface area contributed by atoms with E-state index in [9.17, 15) is 22.0 Å². The third-order valence-corrected chi connectivity index (χ3v) is 2.37. The molecule has 0 aliphatic heterocycles. The lowest BCUT2D eigenvalue weighted by Crippen LogP contribution is -2.26. The molecule has 0 saturated carbocycles. The molecule has 0 radical (unpaired) electrons. The Morgan fingerprint density at radius 1 is 1.19 bits per heavy atom. The predicted molar refractivity (Wildman–Crippen MR) is 49.0 cm³/mol. The second-order valence-electron chi connectivity index (χ2n) is 3.36. The number of allylic oxidation sites excluding steroid dienone is 8. The zero-order valence-corrected chi connectivity index (χ0v) is 7.91. The Bertz CT molecular complexity index is 484. The second kappa shape index (κ2) is 3.88. The number of alkyl halides is 2. The van der Waals surface area contributed by atoms with Crippen LogP contribution in [0.1, 0.15) is 7.79 Å². The van der Waals surface area contributed by atoms with Crippen molar-refractivity contribution in [1.82, 2.24) is 0 Å². The van der Waals surface area contributed by atoms with Crippen molar-refractivity contribution in [3.05, 3.63) is 46.9 Å². The third-order valence-electron chi connectivity index (χ3n) is 2.37. The van der Waals surface area contributed by atoms with E-state index in [4.69, 9.17) is 1.37 Å². The minimum atomic E-state index is -3.66. The van der Waals surface area contributed by atoms with E-state index in [1.165, 1.54) is 18.2 Å². The molecule has 16 heavy (non-hydrogen) atoms. The van der Waals surface area contributed by atoms with E-state index in [1.807, 2.05) is 0 Å². The summed E-state index contributed by atoms with van der Waals surface area (Å²) in [5, 5.41) is 0. The highest BCUT2D eigenvalue weighted by Gasteiger charge is 2.40. The molecule has 2 aliphatic carbocycles. The Balaban J connectivity index is 2.63. The summed E-state index contributed by atoms with van der Waals surface area (Å²) in [6, 6.07) is 0. The summed E-state index contributed by atoms with van der Waals surface area (Å²) in [5.41, 5.74) is -1.23. The quantitative estimate of drug-likeness (QED) is 0.605. The maximum Gasteiger partial charge on any atom is 0.193 e. The van der Waals surface area contributed by atoms with E-state index >= 15 is 0 Å². The van der Waals surface area contributed by atoms with E-state index in [-0.39, 0.29) is 5.57 Å². The van der Waals surface area contributed by atoms with Crippen molar-refractivity contribution in [3.8, 4) is 0 Å². The number of halogens is 5. The summed E-state index contributed by atoms with van der Waals surface area (Å²) >= 11 is 0. The van der Waals surface area contributed by atoms with Gasteiger partial charge in [0, 0.05) is 5.57 Å². The van der Waals surface area contributed by atoms with Gasteiger partial charge in [-0.15, -0.1) is 0 Å². The molecule has 2 rings (SSSR count). The van der Waals surface area contributed by atoms with Crippen LogP contribution in [0.4, 0.5) is 22.0 Å². The maximum absolute atomic E-state index is 13.7. The van der Waals surface area contributed by atoms with Crippen LogP contribution >= 0.6 is 0 Å². The minimum absolute atomic E-state index is 0.134. The average Bonchev–Trinajstić information content (AvgIpc) is 2.77. The van der Waals surface area contributed by atoms with Crippen molar-refractivity contribution in [2.75, 3.05) is 0 Å². The van der Waals surface area contributed by atoms with Crippen LogP contribution in [0.2, 0.25) is 0 Å². The lowest BCUT2D eigenvalue weighted by atomic mass is 9.93. The van der Waals surface area contributed by atoms with Crippen LogP contribution in [0.15, 0.2) is 46.9 Å². The first kappa shape index (κ1) is 9.81. The smallest absolute Gasteiger partial charge is 0.193 e. The normalized spacial score (nSPS) is 35.7. The summed E-state index contributed by atoms with van der Waals surface area (Å²) in [6.45, 7) is 0. The Labute approximate surface area is 89.9 Å². The summed E-state index contributed by atoms with van der Waals surface area (Å²) in [7, 11) is 0. The van der Waals surface area contributed by atoms with Crippen LogP contribution in [0.5, 0.6) is 0 Å². The molecule has 86 valence electrons. The van der Waals surface area contributed by atoms with Crippen LogP contribution in [0.25, 0.3) is 0 Å². The van der Waals surface area contributed by atoms with Crippen molar-refractivity contribution < 1.29 is 23.3 Å². The molecule has 0 spiro atoms. The van der Waals surface area contributed by atoms with Gasteiger partial charge in [-0.1, -0.05) is 18.2 Å². The van der Waals surface area contributed by atoms with E-state index in [0.717, 1.165) is 0 Å². The fourth-order valence-corrected chi connectivity index (χ4v) is 1.58. The largest absolute Gasteiger partial charge is 0.238 e. The molecule has 0 bridgehead atoms. The Kier molecular flexibility index (Phi) is 2.38. The molecule has 0 aromatic carbocycles. The standard InChI is InChI=1S/C11H7F5/c12-7-6(5-3-1-2-4-5)8(13)10(15)11(16)9(7)14/h1,3-4,7,9H,2H2/i7T. The molecule has 2 atom stereocenters. The fraction of sp³-hybridized carbons (Fsp3) is 0.273. The fourth-order valence-electron chi connectivity index (χ4n) is 1.58. The third kappa shape index (κ3) is 1.50. The van der Waals surface area contributed by atoms with Gasteiger partial charge in [0.25, 0.3) is 0 Å². The molecular weight excluding hydrogens is 227 g/mol. The zero-order chi connectivity index (χ0) is 12.8. The number of hydrogen-bond acceptors (Lipinski definition) is 0. The van der Waals surface area contributed by atoms with Gasteiger partial charge in [0.15, 0.2) is 29.8 Å². The van der Waals surface area contributed by atoms with Gasteiger partial charge in [0.1, 0.15) is 0 Å². The zero-order valence-electron chi connectivity index (χ0n) is 8.91. The van der Waals surface area contributed by atoms with Crippen molar-refractivity contribution in [3.63, 3.8) is 0 Å². The topological polar surface area (TPSA) is 0 Å². The van der Waals surface area contributed by atoms with E-state index in [0.29, 0.717) is 6.42 Å². The Morgan fingerprint density at radius 2 is 1.88 bits per heavy atom. The molecule has 2 aliphatic rings. The van der Waals surface area contributed by atoms with Crippen molar-refractivity contribution >= 4 is 0 Å². The van der Waals surface area contributed by atoms with Gasteiger partial charge in [-0.3, -0.25) is 0 Å². The molecule has 0 fully saturated rings. The first-order valence-electron chi connectivity index (χ1n) is 5.03. The van der Waals surface area contributed by atoms with Crippen LogP contribution in [0.3, 0.4) is 0 Å². The van der Waals surface area contributed by atoms with E-state index in [1.54, 1.807) is 0 Å². The SMILES string of the molecule is [3H]C1(F)C(C2=CCC=C2)=C(F)C(F)=C(F)C1F. The van der Waals surface area contributed by atoms with Gasteiger partial charge < -0.3 is 0 Å². The first-order chi connectivity index (χ1) is 7.87. The van der Waals surface area contributed by atoms with Gasteiger partial charge in [-0.25, -0.2) is 22.0 Å². The summed E-state index contributed by atoms with van der Waals surface area (Å²) in [5.74, 6) is -6.15. The van der Waals surface area contributed by atoms with Gasteiger partial charge >= 0.3 is 0 Å². The van der Waals surface area contributed by atoms with Crippen molar-refractivity contribution in [2.24, 2.45) is 0 Å². The highest BCUT2D eigenvalue weighted by atomic mass is 19.2. The van der Waals surface area contributed by atoms with Gasteiger partial charge in [-0.05, 0) is 12.0 Å². The molecule has 0 aromatic heterocycles. The molecule has 0 nitrogen and oxygen atoms in total. The summed E-state index contributed by atoms with van der Waals surface area (Å²) in [6.07, 6.45) is -2.43. The number of hydrogen-bond donors (Lipinski definition) is 0. The Morgan fingerprint density at radius 3 is 2.44 bits per heavy atom. The van der Waals surface area contributed by atoms with Crippen LogP contribution in [-0.4, -0.2) is 12.3 Å². The molecule has 0 aromatic rings. The minimum Gasteiger partial charge on any atom is -0.238 e. The van der Waals surface area contributed by atoms with Crippen LogP contribution in [-0.2, 0) is 0 Å². The lowest BCUT2D eigenvalue weighted by molar-refractivity contribution is 0.184. The second-order valence-corrected chi connectivity index (χ2v) is 3.36. The maximum atomic E-state index is 13.7. The van der Waals surface area contributed by atoms with Crippen LogP contribution in [0, 0.1) is 0 Å². The summed E-state index contributed by atoms with van der Waals surface area (Å²) < 4.78 is 73.2. The molecule has 0 N–H and O–H groups in total. The Hall–Kier alpha value is -1.39. The van der Waals surface area contributed by atoms with E-state index < -0.39 is 35.4 Å². The lowest BCUT2D eigenvalue weighted by Gasteiger charge is -2.21. The van der Waals surface area contributed by atoms with E-state index in [2.05, 4.69) is 0 Å². The predicted octanol–water partition coefficient (Wildman–Crippen LogP) is 3.94. The summed E-state index contributed by atoms with van der Waals surface area (Å²) in [4.78, 5) is 0. The highest BCUT2D eigenvalue weighted by Crippen LogP contribution is 2.40. The molecule has 2 unspecified atom stereocenters. The molecular formula is C11H7F5. The number of rotatable bonds is 1. The first-order valence-corrected chi connectivity index (χ1v) is 4.53. The van der Waals surface area contributed by atoms with Crippen LogP contribution < -0.4 is 0 Å². The van der Waals surface area contributed by atoms with Crippen molar-refractivity contribution in [1.29, 1.82) is 0 Å². The highest BCUT2D eigenvalue weighted by molar-refractivity contribution is 5.53. The van der Waals surface area contributed by atoms with Crippen molar-refractivity contribution in [2.45, 2.75) is 18.7 Å². The van der Waals surface area contributed by atoms with Gasteiger partial charge in [-0.2, -0.15) is 0 Å². The molecule has 0 saturated heterocycles. The molecule has 5 heteroatoms.